The zero-order valence-electron chi connectivity index (χ0n) is 10.3. The number of hydrogen-bond donors (Lipinski definition) is 0. The lowest BCUT2D eigenvalue weighted by molar-refractivity contribution is -0.124. The Morgan fingerprint density at radius 1 is 1.12 bits per heavy atom. The van der Waals surface area contributed by atoms with E-state index in [1.54, 1.807) is 0 Å². The average Bonchev–Trinajstić information content (AvgIpc) is 2.16. The van der Waals surface area contributed by atoms with Crippen LogP contribution in [0.1, 0.15) is 16.7 Å². The van der Waals surface area contributed by atoms with E-state index in [9.17, 15) is 4.79 Å². The molecule has 16 heavy (non-hydrogen) atoms. The van der Waals surface area contributed by atoms with Crippen molar-refractivity contribution in [1.29, 1.82) is 0 Å². The number of carbonyl (C=O) groups is 1. The molecule has 0 N–H and O–H groups in total. The van der Waals surface area contributed by atoms with Gasteiger partial charge in [0.2, 0.25) is 0 Å². The van der Waals surface area contributed by atoms with Crippen LogP contribution in [0.25, 0.3) is 0 Å². The molecule has 0 unspecified atom stereocenters. The van der Waals surface area contributed by atoms with E-state index in [-0.39, 0.29) is 19.0 Å². The van der Waals surface area contributed by atoms with Crippen molar-refractivity contribution in [2.24, 2.45) is 0 Å². The molecule has 0 aliphatic rings. The van der Waals surface area contributed by atoms with E-state index in [0.29, 0.717) is 0 Å². The normalized spacial score (nSPS) is 10.2. The van der Waals surface area contributed by atoms with Gasteiger partial charge in [-0.3, -0.25) is 4.79 Å². The summed E-state index contributed by atoms with van der Waals surface area (Å²) >= 11 is 0. The molecule has 0 fully saturated rings. The number of ketones is 1. The number of carbonyl (C=O) groups excluding carboxylic acids is 1. The van der Waals surface area contributed by atoms with E-state index in [1.807, 2.05) is 32.9 Å². The Morgan fingerprint density at radius 3 is 2.19 bits per heavy atom. The van der Waals surface area contributed by atoms with Gasteiger partial charge in [0.05, 0.1) is 0 Å². The Labute approximate surface area is 96.4 Å². The Kier molecular flexibility index (Phi) is 4.50. The van der Waals surface area contributed by atoms with Gasteiger partial charge in [-0.2, -0.15) is 0 Å². The van der Waals surface area contributed by atoms with Crippen LogP contribution in [0.4, 0.5) is 0 Å². The topological polar surface area (TPSA) is 35.5 Å². The molecule has 3 heteroatoms. The van der Waals surface area contributed by atoms with Crippen molar-refractivity contribution in [2.45, 2.75) is 20.8 Å². The van der Waals surface area contributed by atoms with Gasteiger partial charge in [-0.25, -0.2) is 0 Å². The lowest BCUT2D eigenvalue weighted by Gasteiger charge is -2.12. The van der Waals surface area contributed by atoms with Crippen LogP contribution in [0.3, 0.4) is 0 Å². The third kappa shape index (κ3) is 3.35. The number of Topliss-reactive ketones (excluding diaryl/α,β-unsaturated/α-hetero) is 1. The number of methoxy groups -OCH3 is 1. The van der Waals surface area contributed by atoms with Crippen molar-refractivity contribution in [3.05, 3.63) is 28.8 Å². The van der Waals surface area contributed by atoms with Gasteiger partial charge in [0.15, 0.2) is 5.78 Å². The van der Waals surface area contributed by atoms with E-state index < -0.39 is 0 Å². The molecular formula is C13H18O3. The van der Waals surface area contributed by atoms with Gasteiger partial charge in [-0.15, -0.1) is 0 Å². The second-order valence-electron chi connectivity index (χ2n) is 3.99. The summed E-state index contributed by atoms with van der Waals surface area (Å²) in [6.07, 6.45) is 0. The second kappa shape index (κ2) is 5.66. The number of benzene rings is 1. The highest BCUT2D eigenvalue weighted by Gasteiger charge is 2.07. The monoisotopic (exact) mass is 222 g/mol. The lowest BCUT2D eigenvalue weighted by Crippen LogP contribution is -2.17. The molecule has 0 spiro atoms. The lowest BCUT2D eigenvalue weighted by atomic mass is 10.1. The zero-order valence-corrected chi connectivity index (χ0v) is 10.3. The highest BCUT2D eigenvalue weighted by Crippen LogP contribution is 2.24. The summed E-state index contributed by atoms with van der Waals surface area (Å²) in [5, 5.41) is 0. The first-order chi connectivity index (χ1) is 7.54. The van der Waals surface area contributed by atoms with Crippen molar-refractivity contribution < 1.29 is 14.3 Å². The first-order valence-electron chi connectivity index (χ1n) is 5.26. The zero-order chi connectivity index (χ0) is 12.1. The van der Waals surface area contributed by atoms with Gasteiger partial charge in [0.25, 0.3) is 0 Å². The van der Waals surface area contributed by atoms with Crippen molar-refractivity contribution in [2.75, 3.05) is 20.3 Å². The first kappa shape index (κ1) is 12.7. The van der Waals surface area contributed by atoms with Gasteiger partial charge in [-0.05, 0) is 31.9 Å². The summed E-state index contributed by atoms with van der Waals surface area (Å²) in [7, 11) is 1.50. The summed E-state index contributed by atoms with van der Waals surface area (Å²) < 4.78 is 10.2. The van der Waals surface area contributed by atoms with Crippen LogP contribution in [0, 0.1) is 20.8 Å². The minimum atomic E-state index is -0.0538. The van der Waals surface area contributed by atoms with Crippen molar-refractivity contribution in [1.82, 2.24) is 0 Å². The molecule has 0 atom stereocenters. The maximum absolute atomic E-state index is 11.3. The molecule has 0 radical (unpaired) electrons. The molecular weight excluding hydrogens is 204 g/mol. The molecule has 3 nitrogen and oxygen atoms in total. The molecule has 0 bridgehead atoms. The van der Waals surface area contributed by atoms with Gasteiger partial charge < -0.3 is 9.47 Å². The van der Waals surface area contributed by atoms with Crippen LogP contribution < -0.4 is 4.74 Å². The minimum absolute atomic E-state index is 0.0538. The van der Waals surface area contributed by atoms with E-state index in [4.69, 9.17) is 9.47 Å². The first-order valence-corrected chi connectivity index (χ1v) is 5.26. The third-order valence-electron chi connectivity index (χ3n) is 2.29. The Bertz CT molecular complexity index is 360. The molecule has 0 saturated heterocycles. The molecule has 0 heterocycles. The third-order valence-corrected chi connectivity index (χ3v) is 2.29. The second-order valence-corrected chi connectivity index (χ2v) is 3.99. The molecule has 0 aliphatic heterocycles. The quantitative estimate of drug-likeness (QED) is 0.766. The van der Waals surface area contributed by atoms with E-state index in [0.717, 1.165) is 16.9 Å². The Morgan fingerprint density at radius 2 is 1.69 bits per heavy atom. The largest absolute Gasteiger partial charge is 0.485 e. The Hall–Kier alpha value is -1.35. The molecule has 0 amide bonds. The number of rotatable bonds is 5. The summed E-state index contributed by atoms with van der Waals surface area (Å²) in [5.74, 6) is 0.747. The molecule has 0 aliphatic carbocycles. The maximum atomic E-state index is 11.3. The molecule has 1 aromatic carbocycles. The fourth-order valence-electron chi connectivity index (χ4n) is 1.75. The van der Waals surface area contributed by atoms with Crippen LogP contribution in [0.15, 0.2) is 12.1 Å². The van der Waals surface area contributed by atoms with Gasteiger partial charge in [-0.1, -0.05) is 17.7 Å². The fourth-order valence-corrected chi connectivity index (χ4v) is 1.75. The maximum Gasteiger partial charge on any atom is 0.195 e. The summed E-state index contributed by atoms with van der Waals surface area (Å²) in [6.45, 7) is 6.18. The van der Waals surface area contributed by atoms with Crippen LogP contribution in [0.2, 0.25) is 0 Å². The van der Waals surface area contributed by atoms with E-state index in [1.165, 1.54) is 12.7 Å². The van der Waals surface area contributed by atoms with Crippen LogP contribution >= 0.6 is 0 Å². The molecule has 1 rings (SSSR count). The number of aryl methyl sites for hydroxylation is 3. The van der Waals surface area contributed by atoms with Gasteiger partial charge in [0, 0.05) is 7.11 Å². The highest BCUT2D eigenvalue weighted by atomic mass is 16.5. The van der Waals surface area contributed by atoms with Crippen LogP contribution in [-0.4, -0.2) is 26.1 Å². The standard InChI is InChI=1S/C13H18O3/c1-9-5-10(2)13(11(3)6-9)16-8-12(14)7-15-4/h5-6H,7-8H2,1-4H3. The van der Waals surface area contributed by atoms with E-state index in [2.05, 4.69) is 0 Å². The minimum Gasteiger partial charge on any atom is -0.485 e. The smallest absolute Gasteiger partial charge is 0.195 e. The number of ether oxygens (including phenoxy) is 2. The summed E-state index contributed by atoms with van der Waals surface area (Å²) in [5.41, 5.74) is 3.32. The van der Waals surface area contributed by atoms with Gasteiger partial charge >= 0.3 is 0 Å². The SMILES string of the molecule is COCC(=O)COc1c(C)cc(C)cc1C. The molecule has 0 aromatic heterocycles. The molecule has 88 valence electrons. The molecule has 1 aromatic rings. The highest BCUT2D eigenvalue weighted by molar-refractivity contribution is 5.81. The van der Waals surface area contributed by atoms with Crippen LogP contribution in [0.5, 0.6) is 5.75 Å². The van der Waals surface area contributed by atoms with Crippen molar-refractivity contribution in [3.8, 4) is 5.75 Å². The molecule has 0 saturated carbocycles. The predicted octanol–water partition coefficient (Wildman–Crippen LogP) is 2.21. The van der Waals surface area contributed by atoms with Crippen LogP contribution in [-0.2, 0) is 9.53 Å². The van der Waals surface area contributed by atoms with E-state index >= 15 is 0 Å². The fraction of sp³-hybridized carbons (Fsp3) is 0.462. The number of hydrogen-bond acceptors (Lipinski definition) is 3. The van der Waals surface area contributed by atoms with Crippen molar-refractivity contribution in [3.63, 3.8) is 0 Å². The van der Waals surface area contributed by atoms with Crippen molar-refractivity contribution >= 4 is 5.78 Å². The van der Waals surface area contributed by atoms with Gasteiger partial charge in [0.1, 0.15) is 19.0 Å². The Balaban J connectivity index is 2.70. The summed E-state index contributed by atoms with van der Waals surface area (Å²) in [4.78, 5) is 11.3. The predicted molar refractivity (Wildman–Crippen MR) is 63.0 cm³/mol. The average molecular weight is 222 g/mol. The summed E-state index contributed by atoms with van der Waals surface area (Å²) in [6, 6.07) is 4.09.